The second-order valence-corrected chi connectivity index (χ2v) is 8.54. The smallest absolute Gasteiger partial charge is 0.332 e. The van der Waals surface area contributed by atoms with Crippen LogP contribution >= 0.6 is 0 Å². The molecule has 0 spiro atoms. The Bertz CT molecular complexity index is 918. The summed E-state index contributed by atoms with van der Waals surface area (Å²) in [6.45, 7) is 0. The molecule has 2 fully saturated rings. The monoisotopic (exact) mass is 502 g/mol. The minimum Gasteiger partial charge on any atom is -0.480 e. The summed E-state index contributed by atoms with van der Waals surface area (Å²) < 4.78 is 4.48. The van der Waals surface area contributed by atoms with E-state index in [0.717, 1.165) is 0 Å². The minimum absolute atomic E-state index is 0.130. The van der Waals surface area contributed by atoms with Crippen LogP contribution in [-0.2, 0) is 43.1 Å². The first-order chi connectivity index (χ1) is 16.1. The second kappa shape index (κ2) is 8.96. The van der Waals surface area contributed by atoms with Crippen molar-refractivity contribution < 1.29 is 73.7 Å². The molecule has 0 saturated heterocycles. The van der Waals surface area contributed by atoms with Crippen LogP contribution in [0.2, 0.25) is 0 Å². The van der Waals surface area contributed by atoms with Gasteiger partial charge in [-0.05, 0) is 25.7 Å². The number of carbonyl (C=O) groups excluding carboxylic acids is 2. The lowest BCUT2D eigenvalue weighted by Crippen LogP contribution is -2.66. The molecule has 192 valence electrons. The first kappa shape index (κ1) is 27.2. The van der Waals surface area contributed by atoms with Crippen molar-refractivity contribution in [1.82, 2.24) is 0 Å². The highest BCUT2D eigenvalue weighted by Gasteiger charge is 2.76. The van der Waals surface area contributed by atoms with Gasteiger partial charge in [0, 0.05) is 0 Å². The Morgan fingerprint density at radius 1 is 0.400 bits per heavy atom. The third-order valence-corrected chi connectivity index (χ3v) is 7.24. The molecule has 15 nitrogen and oxygen atoms in total. The molecule has 0 bridgehead atoms. The highest BCUT2D eigenvalue weighted by Crippen LogP contribution is 2.55. The molecule has 2 atom stereocenters. The maximum absolute atomic E-state index is 13.1. The first-order valence-electron chi connectivity index (χ1n) is 10.3. The van der Waals surface area contributed by atoms with Crippen LogP contribution in [-0.4, -0.2) is 78.4 Å². The normalized spacial score (nSPS) is 27.1. The lowest BCUT2D eigenvalue weighted by Gasteiger charge is -2.45. The molecule has 0 radical (unpaired) electrons. The average Bonchev–Trinajstić information content (AvgIpc) is 2.77. The Morgan fingerprint density at radius 2 is 0.600 bits per heavy atom. The van der Waals surface area contributed by atoms with E-state index in [1.54, 1.807) is 0 Å². The van der Waals surface area contributed by atoms with Crippen LogP contribution in [0.4, 0.5) is 0 Å². The van der Waals surface area contributed by atoms with Gasteiger partial charge in [0.1, 0.15) is 0 Å². The number of carboxylic acid groups (broad SMARTS) is 6. The largest absolute Gasteiger partial charge is 0.480 e. The number of ether oxygens (including phenoxy) is 1. The molecule has 0 aliphatic heterocycles. The van der Waals surface area contributed by atoms with Crippen LogP contribution in [0.1, 0.15) is 51.4 Å². The second-order valence-electron chi connectivity index (χ2n) is 8.54. The van der Waals surface area contributed by atoms with E-state index in [9.17, 15) is 69.0 Å². The van der Waals surface area contributed by atoms with Gasteiger partial charge in [0.15, 0.2) is 21.7 Å². The molecule has 0 amide bonds. The number of carboxylic acids is 6. The average molecular weight is 502 g/mol. The van der Waals surface area contributed by atoms with Crippen LogP contribution in [0.15, 0.2) is 0 Å². The molecule has 6 N–H and O–H groups in total. The van der Waals surface area contributed by atoms with Gasteiger partial charge >= 0.3 is 47.8 Å². The molecule has 35 heavy (non-hydrogen) atoms. The zero-order valence-electron chi connectivity index (χ0n) is 18.0. The minimum atomic E-state index is -3.40. The highest BCUT2D eigenvalue weighted by molar-refractivity contribution is 6.18. The van der Waals surface area contributed by atoms with Gasteiger partial charge in [0.2, 0.25) is 0 Å². The van der Waals surface area contributed by atoms with Gasteiger partial charge < -0.3 is 35.4 Å². The van der Waals surface area contributed by atoms with Gasteiger partial charge in [-0.2, -0.15) is 0 Å². The van der Waals surface area contributed by atoms with Crippen molar-refractivity contribution in [3.05, 3.63) is 0 Å². The zero-order chi connectivity index (χ0) is 27.0. The van der Waals surface area contributed by atoms with Gasteiger partial charge in [-0.3, -0.25) is 38.4 Å². The molecule has 0 heterocycles. The van der Waals surface area contributed by atoms with E-state index in [2.05, 4.69) is 4.74 Å². The third-order valence-electron chi connectivity index (χ3n) is 7.24. The molecular weight excluding hydrogens is 480 g/mol. The maximum atomic E-state index is 13.1. The molecule has 0 aromatic carbocycles. The van der Waals surface area contributed by atoms with Crippen molar-refractivity contribution in [2.75, 3.05) is 0 Å². The van der Waals surface area contributed by atoms with Gasteiger partial charge in [-0.25, -0.2) is 0 Å². The van der Waals surface area contributed by atoms with E-state index in [-0.39, 0.29) is 25.7 Å². The maximum Gasteiger partial charge on any atom is 0.332 e. The van der Waals surface area contributed by atoms with Crippen LogP contribution < -0.4 is 0 Å². The molecule has 2 unspecified atom stereocenters. The highest BCUT2D eigenvalue weighted by atomic mass is 16.6. The summed E-state index contributed by atoms with van der Waals surface area (Å²) >= 11 is 0. The first-order valence-corrected chi connectivity index (χ1v) is 10.3. The Labute approximate surface area is 195 Å². The van der Waals surface area contributed by atoms with E-state index in [0.29, 0.717) is 0 Å². The van der Waals surface area contributed by atoms with Gasteiger partial charge in [0.25, 0.3) is 0 Å². The van der Waals surface area contributed by atoms with Crippen LogP contribution in [0.3, 0.4) is 0 Å². The lowest BCUT2D eigenvalue weighted by molar-refractivity contribution is -0.212. The number of aliphatic carboxylic acids is 6. The van der Waals surface area contributed by atoms with Crippen molar-refractivity contribution >= 4 is 47.8 Å². The summed E-state index contributed by atoms with van der Waals surface area (Å²) in [6, 6.07) is 0. The number of hydrogen-bond acceptors (Lipinski definition) is 9. The van der Waals surface area contributed by atoms with Crippen molar-refractivity contribution in [3.8, 4) is 0 Å². The molecule has 0 aromatic rings. The Morgan fingerprint density at radius 3 is 0.800 bits per heavy atom. The van der Waals surface area contributed by atoms with Crippen molar-refractivity contribution in [2.24, 2.45) is 21.7 Å². The van der Waals surface area contributed by atoms with Crippen LogP contribution in [0, 0.1) is 21.7 Å². The Kier molecular flexibility index (Phi) is 6.96. The number of hydrogen-bond donors (Lipinski definition) is 6. The summed E-state index contributed by atoms with van der Waals surface area (Å²) in [5.41, 5.74) is -13.4. The van der Waals surface area contributed by atoms with E-state index in [4.69, 9.17) is 0 Å². The molecule has 2 rings (SSSR count). The fourth-order valence-electron chi connectivity index (χ4n) is 5.32. The van der Waals surface area contributed by atoms with E-state index < -0.39 is 95.1 Å². The molecule has 2 aliphatic carbocycles. The van der Waals surface area contributed by atoms with Gasteiger partial charge in [-0.15, -0.1) is 0 Å². The molecule has 0 aromatic heterocycles. The summed E-state index contributed by atoms with van der Waals surface area (Å²) in [5, 5.41) is 58.3. The molecule has 2 saturated carbocycles. The van der Waals surface area contributed by atoms with E-state index >= 15 is 0 Å². The fraction of sp³-hybridized carbons (Fsp3) is 0.600. The quantitative estimate of drug-likeness (QED) is 0.183. The van der Waals surface area contributed by atoms with Crippen molar-refractivity contribution in [2.45, 2.75) is 51.4 Å². The number of carbonyl (C=O) groups is 8. The third kappa shape index (κ3) is 3.32. The van der Waals surface area contributed by atoms with E-state index in [1.165, 1.54) is 0 Å². The van der Waals surface area contributed by atoms with Crippen molar-refractivity contribution in [3.63, 3.8) is 0 Å². The topological polar surface area (TPSA) is 267 Å². The van der Waals surface area contributed by atoms with Crippen molar-refractivity contribution in [1.29, 1.82) is 0 Å². The van der Waals surface area contributed by atoms with Gasteiger partial charge in [-0.1, -0.05) is 25.7 Å². The molecule has 15 heteroatoms. The predicted octanol–water partition coefficient (Wildman–Crippen LogP) is -0.343. The molecule has 2 aliphatic rings. The van der Waals surface area contributed by atoms with Crippen LogP contribution in [0.5, 0.6) is 0 Å². The number of rotatable bonds is 8. The lowest BCUT2D eigenvalue weighted by atomic mass is 9.54. The zero-order valence-corrected chi connectivity index (χ0v) is 18.0. The Hall–Kier alpha value is -4.04. The van der Waals surface area contributed by atoms with Gasteiger partial charge in [0.05, 0.1) is 0 Å². The summed E-state index contributed by atoms with van der Waals surface area (Å²) in [6.07, 6.45) is -4.18. The molecular formula is C20H22O15. The standard InChI is InChI=1S/C20H22O15/c21-9(22)17(10(23)24)5-1-3-7-19(17,13(29)30)15(33)35-16(34)20(14(31)32)8-4-2-6-18(20,11(25)26)12(27)28/h1-8H2,(H,21,22)(H,23,24)(H,25,26)(H,27,28)(H,29,30)(H,31,32). The van der Waals surface area contributed by atoms with E-state index in [1.807, 2.05) is 0 Å². The summed E-state index contributed by atoms with van der Waals surface area (Å²) in [4.78, 5) is 98.6. The Balaban J connectivity index is 2.73. The fourth-order valence-corrected chi connectivity index (χ4v) is 5.32. The summed E-state index contributed by atoms with van der Waals surface area (Å²) in [5.74, 6) is -18.0. The predicted molar refractivity (Wildman–Crippen MR) is 104 cm³/mol. The SMILES string of the molecule is O=C(O)C1(C(=O)O)CCCCC1(C(=O)O)C(=O)OC(=O)C1(C(=O)O)CCCCC1(C(=O)O)C(=O)O. The van der Waals surface area contributed by atoms with Crippen LogP contribution in [0.25, 0.3) is 0 Å². The summed E-state index contributed by atoms with van der Waals surface area (Å²) in [7, 11) is 0. The number of esters is 2.